The zero-order valence-corrected chi connectivity index (χ0v) is 17.5. The van der Waals surface area contributed by atoms with Gasteiger partial charge in [-0.2, -0.15) is 0 Å². The summed E-state index contributed by atoms with van der Waals surface area (Å²) in [5.41, 5.74) is 8.87. The maximum atomic E-state index is 12.2. The fourth-order valence-electron chi connectivity index (χ4n) is 1.91. The molecular weight excluding hydrogens is 382 g/mol. The molecule has 1 unspecified atom stereocenters. The molecule has 0 saturated heterocycles. The van der Waals surface area contributed by atoms with E-state index in [2.05, 4.69) is 30.3 Å². The number of hydrogen-bond acceptors (Lipinski definition) is 5. The van der Waals surface area contributed by atoms with E-state index in [9.17, 15) is 9.90 Å². The van der Waals surface area contributed by atoms with Crippen LogP contribution in [-0.2, 0) is 4.79 Å². The Morgan fingerprint density at radius 3 is 2.13 bits per heavy atom. The molecule has 160 valence electrons. The number of nitrogens with two attached hydrogens (primary N) is 1. The largest absolute Gasteiger partial charge is 0.398 e. The standard InChI is InChI=1S/C20H22N2O2.C2H4.CH3NO2/c1-14(20(2,3)24)22-19(23)17-12-9-15(10-13-17)8-11-16-6-4-5-7-18(16)21;1-2;3-1-2-4/h4-7,9-10,12-14,24H,21H2,1-3H3,(H,22,23);1-2H2;1,4H,(H,2,3). The molecule has 6 N–H and O–H groups in total. The lowest BCUT2D eigenvalue weighted by Gasteiger charge is -2.26. The molecule has 7 nitrogen and oxygen atoms in total. The summed E-state index contributed by atoms with van der Waals surface area (Å²) in [5, 5.41) is 19.9. The van der Waals surface area contributed by atoms with Crippen LogP contribution >= 0.6 is 0 Å². The Hall–Kier alpha value is -3.60. The van der Waals surface area contributed by atoms with Crippen LogP contribution in [0.5, 0.6) is 0 Å². The summed E-state index contributed by atoms with van der Waals surface area (Å²) in [6, 6.07) is 14.1. The zero-order chi connectivity index (χ0) is 23.2. The summed E-state index contributed by atoms with van der Waals surface area (Å²) < 4.78 is 0. The van der Waals surface area contributed by atoms with Crippen molar-refractivity contribution >= 4 is 18.0 Å². The average Bonchev–Trinajstić information content (AvgIpc) is 2.74. The van der Waals surface area contributed by atoms with Gasteiger partial charge in [-0.25, -0.2) is 5.48 Å². The number of aliphatic hydroxyl groups is 1. The molecule has 0 saturated carbocycles. The summed E-state index contributed by atoms with van der Waals surface area (Å²) in [4.78, 5) is 21.0. The fourth-order valence-corrected chi connectivity index (χ4v) is 1.91. The highest BCUT2D eigenvalue weighted by atomic mass is 16.5. The van der Waals surface area contributed by atoms with Crippen LogP contribution in [0.1, 0.15) is 42.3 Å². The molecule has 0 fully saturated rings. The number of carbonyl (C=O) groups excluding carboxylic acids is 2. The quantitative estimate of drug-likeness (QED) is 0.132. The molecule has 7 heteroatoms. The van der Waals surface area contributed by atoms with Crippen molar-refractivity contribution in [2.45, 2.75) is 32.4 Å². The Balaban J connectivity index is 0.00000125. The maximum absolute atomic E-state index is 12.2. The maximum Gasteiger partial charge on any atom is 0.251 e. The van der Waals surface area contributed by atoms with Crippen molar-refractivity contribution < 1.29 is 19.9 Å². The van der Waals surface area contributed by atoms with Crippen molar-refractivity contribution in [3.63, 3.8) is 0 Å². The van der Waals surface area contributed by atoms with Gasteiger partial charge in [-0.1, -0.05) is 24.0 Å². The molecular formula is C23H29N3O4. The number of rotatable bonds is 4. The van der Waals surface area contributed by atoms with E-state index >= 15 is 0 Å². The van der Waals surface area contributed by atoms with Crippen molar-refractivity contribution in [3.8, 4) is 11.8 Å². The number of anilines is 1. The highest BCUT2D eigenvalue weighted by molar-refractivity contribution is 5.94. The van der Waals surface area contributed by atoms with Crippen molar-refractivity contribution in [2.75, 3.05) is 5.73 Å². The first-order valence-corrected chi connectivity index (χ1v) is 9.02. The summed E-state index contributed by atoms with van der Waals surface area (Å²) in [6.07, 6.45) is 0.181. The number of nitrogen functional groups attached to an aromatic ring is 1. The summed E-state index contributed by atoms with van der Waals surface area (Å²) in [7, 11) is 0. The van der Waals surface area contributed by atoms with Crippen molar-refractivity contribution in [1.82, 2.24) is 10.8 Å². The highest BCUT2D eigenvalue weighted by Crippen LogP contribution is 2.11. The Morgan fingerprint density at radius 2 is 1.67 bits per heavy atom. The van der Waals surface area contributed by atoms with E-state index in [-0.39, 0.29) is 18.4 Å². The van der Waals surface area contributed by atoms with Crippen molar-refractivity contribution in [2.24, 2.45) is 0 Å². The van der Waals surface area contributed by atoms with Gasteiger partial charge in [0.2, 0.25) is 6.41 Å². The number of hydrogen-bond donors (Lipinski definition) is 5. The monoisotopic (exact) mass is 411 g/mol. The molecule has 2 aromatic rings. The van der Waals surface area contributed by atoms with Crippen LogP contribution in [0.4, 0.5) is 5.69 Å². The van der Waals surface area contributed by atoms with Crippen molar-refractivity contribution in [3.05, 3.63) is 78.4 Å². The molecule has 0 aliphatic heterocycles. The Morgan fingerprint density at radius 1 is 1.13 bits per heavy atom. The second-order valence-corrected chi connectivity index (χ2v) is 6.51. The van der Waals surface area contributed by atoms with Gasteiger partial charge in [-0.3, -0.25) is 14.8 Å². The average molecular weight is 412 g/mol. The molecule has 30 heavy (non-hydrogen) atoms. The van der Waals surface area contributed by atoms with Gasteiger partial charge in [-0.15, -0.1) is 13.2 Å². The molecule has 0 bridgehead atoms. The zero-order valence-electron chi connectivity index (χ0n) is 17.5. The molecule has 2 aromatic carbocycles. The normalized spacial score (nSPS) is 10.4. The minimum atomic E-state index is -0.976. The molecule has 0 radical (unpaired) electrons. The van der Waals surface area contributed by atoms with Gasteiger partial charge in [0.15, 0.2) is 0 Å². The van der Waals surface area contributed by atoms with E-state index in [0.29, 0.717) is 11.3 Å². The second-order valence-electron chi connectivity index (χ2n) is 6.51. The topological polar surface area (TPSA) is 125 Å². The molecule has 0 aromatic heterocycles. The number of hydroxylamine groups is 1. The van der Waals surface area contributed by atoms with Crippen LogP contribution in [0.25, 0.3) is 0 Å². The van der Waals surface area contributed by atoms with Gasteiger partial charge in [0.05, 0.1) is 11.6 Å². The lowest BCUT2D eigenvalue weighted by Crippen LogP contribution is -2.47. The number of nitrogens with one attached hydrogen (secondary N) is 2. The number of benzene rings is 2. The highest BCUT2D eigenvalue weighted by Gasteiger charge is 2.24. The van der Waals surface area contributed by atoms with E-state index in [1.54, 1.807) is 51.1 Å². The molecule has 0 spiro atoms. The number of carbonyl (C=O) groups is 2. The number of para-hydroxylation sites is 1. The van der Waals surface area contributed by atoms with Gasteiger partial charge < -0.3 is 16.2 Å². The predicted molar refractivity (Wildman–Crippen MR) is 119 cm³/mol. The van der Waals surface area contributed by atoms with Crippen LogP contribution < -0.4 is 16.5 Å². The Labute approximate surface area is 177 Å². The van der Waals surface area contributed by atoms with E-state index < -0.39 is 5.60 Å². The SMILES string of the molecule is C=C.CC(NC(=O)c1ccc(C#Cc2ccccc2N)cc1)C(C)(C)O.O=CNO. The van der Waals surface area contributed by atoms with Crippen LogP contribution in [0.3, 0.4) is 0 Å². The fraction of sp³-hybridized carbons (Fsp3) is 0.217. The Bertz CT molecular complexity index is 862. The summed E-state index contributed by atoms with van der Waals surface area (Å²) in [6.45, 7) is 11.1. The number of amides is 2. The van der Waals surface area contributed by atoms with E-state index in [4.69, 9.17) is 15.7 Å². The smallest absolute Gasteiger partial charge is 0.251 e. The molecule has 2 rings (SSSR count). The minimum absolute atomic E-state index is 0.181. The van der Waals surface area contributed by atoms with Gasteiger partial charge in [0.1, 0.15) is 0 Å². The molecule has 2 amide bonds. The third-order valence-electron chi connectivity index (χ3n) is 3.91. The second kappa shape index (κ2) is 13.6. The van der Waals surface area contributed by atoms with Gasteiger partial charge in [0.25, 0.3) is 5.91 Å². The van der Waals surface area contributed by atoms with E-state index in [1.165, 1.54) is 5.48 Å². The van der Waals surface area contributed by atoms with Crippen LogP contribution in [0.2, 0.25) is 0 Å². The van der Waals surface area contributed by atoms with Crippen LogP contribution in [0, 0.1) is 11.8 Å². The predicted octanol–water partition coefficient (Wildman–Crippen LogP) is 2.48. The minimum Gasteiger partial charge on any atom is -0.398 e. The molecule has 0 heterocycles. The van der Waals surface area contributed by atoms with Gasteiger partial charge in [0, 0.05) is 22.4 Å². The lowest BCUT2D eigenvalue weighted by atomic mass is 10.0. The Kier molecular flexibility index (Phi) is 11.9. The molecule has 0 aliphatic rings. The van der Waals surface area contributed by atoms with Crippen LogP contribution in [-0.4, -0.2) is 34.3 Å². The summed E-state index contributed by atoms with van der Waals surface area (Å²) in [5.74, 6) is 5.83. The van der Waals surface area contributed by atoms with Crippen LogP contribution in [0.15, 0.2) is 61.7 Å². The molecule has 0 aliphatic carbocycles. The lowest BCUT2D eigenvalue weighted by molar-refractivity contribution is -0.116. The van der Waals surface area contributed by atoms with Crippen molar-refractivity contribution in [1.29, 1.82) is 0 Å². The first kappa shape index (κ1) is 26.4. The third kappa shape index (κ3) is 9.55. The van der Waals surface area contributed by atoms with E-state index in [0.717, 1.165) is 11.1 Å². The van der Waals surface area contributed by atoms with Gasteiger partial charge >= 0.3 is 0 Å². The van der Waals surface area contributed by atoms with E-state index in [1.807, 2.05) is 18.2 Å². The summed E-state index contributed by atoms with van der Waals surface area (Å²) >= 11 is 0. The molecule has 1 atom stereocenters. The first-order chi connectivity index (χ1) is 14.2. The third-order valence-corrected chi connectivity index (χ3v) is 3.91. The first-order valence-electron chi connectivity index (χ1n) is 9.02. The van der Waals surface area contributed by atoms with Gasteiger partial charge in [-0.05, 0) is 57.2 Å².